The second kappa shape index (κ2) is 5.46. The first-order chi connectivity index (χ1) is 9.79. The van der Waals surface area contributed by atoms with Gasteiger partial charge in [-0.1, -0.05) is 6.92 Å². The second-order valence-corrected chi connectivity index (χ2v) is 4.84. The third-order valence-corrected chi connectivity index (χ3v) is 3.75. The Balaban J connectivity index is 1.78. The van der Waals surface area contributed by atoms with Crippen LogP contribution in [0.4, 0.5) is 0 Å². The summed E-state index contributed by atoms with van der Waals surface area (Å²) >= 11 is 0. The van der Waals surface area contributed by atoms with Crippen LogP contribution in [0, 0.1) is 0 Å². The molecule has 2 aromatic rings. The minimum Gasteiger partial charge on any atom is -0.347 e. The molecule has 106 valence electrons. The van der Waals surface area contributed by atoms with E-state index in [2.05, 4.69) is 32.0 Å². The lowest BCUT2D eigenvalue weighted by molar-refractivity contribution is 0.0475. The molecule has 1 atom stereocenters. The molecule has 2 N–H and O–H groups in total. The Labute approximate surface area is 117 Å². The van der Waals surface area contributed by atoms with Gasteiger partial charge in [-0.25, -0.2) is 4.98 Å². The molecule has 0 bridgehead atoms. The van der Waals surface area contributed by atoms with E-state index in [1.165, 1.54) is 0 Å². The third-order valence-electron chi connectivity index (χ3n) is 3.75. The number of aromatic amines is 2. The molecule has 20 heavy (non-hydrogen) atoms. The van der Waals surface area contributed by atoms with Crippen LogP contribution >= 0.6 is 0 Å². The number of nitrogens with one attached hydrogen (secondary N) is 2. The van der Waals surface area contributed by atoms with Gasteiger partial charge in [0, 0.05) is 38.2 Å². The average molecular weight is 274 g/mol. The van der Waals surface area contributed by atoms with Crippen LogP contribution in [0.15, 0.2) is 24.7 Å². The van der Waals surface area contributed by atoms with Gasteiger partial charge in [0.1, 0.15) is 11.5 Å². The van der Waals surface area contributed by atoms with E-state index in [4.69, 9.17) is 0 Å². The molecular weight excluding hydrogens is 256 g/mol. The summed E-state index contributed by atoms with van der Waals surface area (Å²) in [5.41, 5.74) is 0.535. The zero-order valence-electron chi connectivity index (χ0n) is 11.4. The van der Waals surface area contributed by atoms with Gasteiger partial charge >= 0.3 is 0 Å². The molecule has 0 spiro atoms. The van der Waals surface area contributed by atoms with E-state index in [1.807, 2.05) is 11.1 Å². The van der Waals surface area contributed by atoms with Crippen LogP contribution < -0.4 is 0 Å². The molecule has 0 unspecified atom stereocenters. The first-order valence-electron chi connectivity index (χ1n) is 6.81. The highest BCUT2D eigenvalue weighted by atomic mass is 16.2. The van der Waals surface area contributed by atoms with Crippen LogP contribution in [0.2, 0.25) is 0 Å². The summed E-state index contributed by atoms with van der Waals surface area (Å²) < 4.78 is 0. The number of likely N-dealkylation sites (N-methyl/N-ethyl adjacent to an activating group) is 1. The van der Waals surface area contributed by atoms with Gasteiger partial charge in [0.25, 0.3) is 5.91 Å². The number of nitrogens with zero attached hydrogens (tertiary/aromatic N) is 4. The first kappa shape index (κ1) is 12.9. The van der Waals surface area contributed by atoms with E-state index < -0.39 is 0 Å². The fourth-order valence-electron chi connectivity index (χ4n) is 2.65. The zero-order valence-corrected chi connectivity index (χ0v) is 11.4. The van der Waals surface area contributed by atoms with Crippen LogP contribution in [-0.2, 0) is 0 Å². The van der Waals surface area contributed by atoms with Gasteiger partial charge in [0.2, 0.25) is 0 Å². The molecule has 3 heterocycles. The Morgan fingerprint density at radius 1 is 1.45 bits per heavy atom. The normalized spacial score (nSPS) is 20.2. The van der Waals surface area contributed by atoms with Crippen LogP contribution in [0.1, 0.15) is 29.3 Å². The van der Waals surface area contributed by atoms with E-state index in [9.17, 15) is 4.79 Å². The first-order valence-corrected chi connectivity index (χ1v) is 6.81. The lowest BCUT2D eigenvalue weighted by atomic mass is 10.1. The van der Waals surface area contributed by atoms with Crippen molar-refractivity contribution in [2.24, 2.45) is 0 Å². The molecule has 3 rings (SSSR count). The maximum atomic E-state index is 12.4. The summed E-state index contributed by atoms with van der Waals surface area (Å²) in [7, 11) is 0. The molecule has 1 aliphatic heterocycles. The van der Waals surface area contributed by atoms with Crippen LogP contribution in [0.5, 0.6) is 0 Å². The predicted octanol–water partition coefficient (Wildman–Crippen LogP) is 0.652. The van der Waals surface area contributed by atoms with Crippen molar-refractivity contribution in [2.75, 3.05) is 26.2 Å². The van der Waals surface area contributed by atoms with Crippen molar-refractivity contribution in [1.29, 1.82) is 0 Å². The van der Waals surface area contributed by atoms with Crippen molar-refractivity contribution in [1.82, 2.24) is 30.0 Å². The van der Waals surface area contributed by atoms with Crippen molar-refractivity contribution in [3.05, 3.63) is 36.2 Å². The topological polar surface area (TPSA) is 80.9 Å². The monoisotopic (exact) mass is 274 g/mol. The number of piperazine rings is 1. The van der Waals surface area contributed by atoms with Gasteiger partial charge in [-0.2, -0.15) is 5.10 Å². The number of carbonyl (C=O) groups excluding carboxylic acids is 1. The highest BCUT2D eigenvalue weighted by Gasteiger charge is 2.31. The largest absolute Gasteiger partial charge is 0.347 e. The predicted molar refractivity (Wildman–Crippen MR) is 73.1 cm³/mol. The highest BCUT2D eigenvalue weighted by Crippen LogP contribution is 2.23. The van der Waals surface area contributed by atoms with E-state index in [1.54, 1.807) is 18.5 Å². The summed E-state index contributed by atoms with van der Waals surface area (Å²) in [4.78, 5) is 24.1. The van der Waals surface area contributed by atoms with Gasteiger partial charge in [0.15, 0.2) is 0 Å². The molecular formula is C13H18N6O. The minimum atomic E-state index is -0.00481. The van der Waals surface area contributed by atoms with E-state index in [0.29, 0.717) is 12.2 Å². The molecule has 0 aromatic carbocycles. The molecule has 7 nitrogen and oxygen atoms in total. The van der Waals surface area contributed by atoms with Crippen molar-refractivity contribution in [2.45, 2.75) is 13.0 Å². The number of aromatic nitrogens is 4. The molecule has 0 saturated carbocycles. The van der Waals surface area contributed by atoms with Crippen molar-refractivity contribution < 1.29 is 4.79 Å². The number of H-pyrrole nitrogens is 2. The molecule has 0 radical (unpaired) electrons. The molecule has 1 aliphatic rings. The van der Waals surface area contributed by atoms with Gasteiger partial charge < -0.3 is 9.88 Å². The Morgan fingerprint density at radius 3 is 3.00 bits per heavy atom. The Hall–Kier alpha value is -2.15. The average Bonchev–Trinajstić information content (AvgIpc) is 3.18. The Morgan fingerprint density at radius 2 is 2.35 bits per heavy atom. The van der Waals surface area contributed by atoms with E-state index in [-0.39, 0.29) is 11.9 Å². The fraction of sp³-hybridized carbons (Fsp3) is 0.462. The quantitative estimate of drug-likeness (QED) is 0.861. The summed E-state index contributed by atoms with van der Waals surface area (Å²) in [6.45, 7) is 5.28. The molecule has 0 aliphatic carbocycles. The number of amides is 1. The van der Waals surface area contributed by atoms with E-state index >= 15 is 0 Å². The van der Waals surface area contributed by atoms with Crippen LogP contribution in [0.25, 0.3) is 0 Å². The summed E-state index contributed by atoms with van der Waals surface area (Å²) in [5.74, 6) is 0.906. The maximum Gasteiger partial charge on any atom is 0.271 e. The summed E-state index contributed by atoms with van der Waals surface area (Å²) in [6, 6.07) is 1.83. The lowest BCUT2D eigenvalue weighted by Gasteiger charge is -2.39. The van der Waals surface area contributed by atoms with E-state index in [0.717, 1.165) is 25.5 Å². The third kappa shape index (κ3) is 2.32. The zero-order chi connectivity index (χ0) is 13.9. The molecule has 1 fully saturated rings. The number of imidazole rings is 1. The van der Waals surface area contributed by atoms with Crippen molar-refractivity contribution >= 4 is 5.91 Å². The maximum absolute atomic E-state index is 12.4. The fourth-order valence-corrected chi connectivity index (χ4v) is 2.65. The molecule has 2 aromatic heterocycles. The number of rotatable bonds is 3. The minimum absolute atomic E-state index is 0.00481. The summed E-state index contributed by atoms with van der Waals surface area (Å²) in [5, 5.41) is 6.57. The second-order valence-electron chi connectivity index (χ2n) is 4.84. The number of carbonyl (C=O) groups is 1. The SMILES string of the molecule is CCN1CCN(C(=O)c2ccn[nH]2)C[C@H]1c1ncc[nH]1. The van der Waals surface area contributed by atoms with Gasteiger partial charge in [-0.3, -0.25) is 14.8 Å². The van der Waals surface area contributed by atoms with Gasteiger partial charge in [0.05, 0.1) is 6.04 Å². The van der Waals surface area contributed by atoms with Crippen LogP contribution in [-0.4, -0.2) is 62.1 Å². The molecule has 1 amide bonds. The van der Waals surface area contributed by atoms with Crippen LogP contribution in [0.3, 0.4) is 0 Å². The smallest absolute Gasteiger partial charge is 0.271 e. The number of hydrogen-bond acceptors (Lipinski definition) is 4. The molecule has 7 heteroatoms. The molecule has 1 saturated heterocycles. The Kier molecular flexibility index (Phi) is 3.51. The standard InChI is InChI=1S/C13H18N6O/c1-2-18-7-8-19(13(20)10-3-4-16-17-10)9-11(18)12-14-5-6-15-12/h3-6,11H,2,7-9H2,1H3,(H,14,15)(H,16,17)/t11-/m0/s1. The Bertz CT molecular complexity index is 549. The van der Waals surface area contributed by atoms with Crippen molar-refractivity contribution in [3.8, 4) is 0 Å². The van der Waals surface area contributed by atoms with Gasteiger partial charge in [-0.15, -0.1) is 0 Å². The summed E-state index contributed by atoms with van der Waals surface area (Å²) in [6.07, 6.45) is 5.16. The van der Waals surface area contributed by atoms with Crippen molar-refractivity contribution in [3.63, 3.8) is 0 Å². The highest BCUT2D eigenvalue weighted by molar-refractivity contribution is 5.92. The lowest BCUT2D eigenvalue weighted by Crippen LogP contribution is -2.50. The van der Waals surface area contributed by atoms with Gasteiger partial charge in [-0.05, 0) is 12.6 Å². The number of hydrogen-bond donors (Lipinski definition) is 2.